The molecule has 0 saturated carbocycles. The van der Waals surface area contributed by atoms with Crippen LogP contribution >= 0.6 is 23.2 Å². The summed E-state index contributed by atoms with van der Waals surface area (Å²) in [6.45, 7) is 2.00. The maximum atomic E-state index is 10.9. The zero-order chi connectivity index (χ0) is 17.2. The third-order valence-corrected chi connectivity index (χ3v) is 5.22. The molecule has 1 aliphatic rings. The molecule has 1 saturated heterocycles. The summed E-state index contributed by atoms with van der Waals surface area (Å²) in [5.41, 5.74) is 0.908. The van der Waals surface area contributed by atoms with Gasteiger partial charge in [0.05, 0.1) is 11.7 Å². The number of aliphatic hydroxyl groups excluding tert-OH is 1. The molecule has 1 atom stereocenters. The first kappa shape index (κ1) is 17.7. The van der Waals surface area contributed by atoms with E-state index in [0.717, 1.165) is 24.2 Å². The Hall–Kier alpha value is -1.10. The summed E-state index contributed by atoms with van der Waals surface area (Å²) >= 11 is 11.9. The molecule has 1 fully saturated rings. The predicted octanol–water partition coefficient (Wildman–Crippen LogP) is 4.01. The number of halogens is 2. The largest absolute Gasteiger partial charge is 0.387 e. The van der Waals surface area contributed by atoms with Crippen LogP contribution in [0.15, 0.2) is 48.5 Å². The Bertz CT molecular complexity index is 682. The first-order chi connectivity index (χ1) is 11.5. The molecule has 128 valence electrons. The van der Waals surface area contributed by atoms with Gasteiger partial charge >= 0.3 is 0 Å². The predicted molar refractivity (Wildman–Crippen MR) is 97.4 cm³/mol. The van der Waals surface area contributed by atoms with Crippen LogP contribution in [0.1, 0.15) is 30.1 Å². The Morgan fingerprint density at radius 2 is 1.67 bits per heavy atom. The van der Waals surface area contributed by atoms with Gasteiger partial charge in [-0.1, -0.05) is 47.5 Å². The highest BCUT2D eigenvalue weighted by Gasteiger charge is 2.34. The fourth-order valence-corrected chi connectivity index (χ4v) is 3.54. The SMILES string of the molecule is O[C@@H](CN1CCC(O)(c2ccc(Cl)cc2)CC1)c1cccc(Cl)c1. The number of nitrogens with zero attached hydrogens (tertiary/aromatic N) is 1. The molecule has 0 bridgehead atoms. The fraction of sp³-hybridized carbons (Fsp3) is 0.368. The first-order valence-corrected chi connectivity index (χ1v) is 8.86. The zero-order valence-corrected chi connectivity index (χ0v) is 14.8. The lowest BCUT2D eigenvalue weighted by Gasteiger charge is -2.39. The lowest BCUT2D eigenvalue weighted by atomic mass is 9.84. The van der Waals surface area contributed by atoms with Gasteiger partial charge in [0.2, 0.25) is 0 Å². The van der Waals surface area contributed by atoms with E-state index in [1.807, 2.05) is 36.4 Å². The summed E-state index contributed by atoms with van der Waals surface area (Å²) < 4.78 is 0. The number of piperidine rings is 1. The van der Waals surface area contributed by atoms with Crippen LogP contribution in [0.4, 0.5) is 0 Å². The van der Waals surface area contributed by atoms with Gasteiger partial charge in [0.25, 0.3) is 0 Å². The first-order valence-electron chi connectivity index (χ1n) is 8.11. The summed E-state index contributed by atoms with van der Waals surface area (Å²) in [7, 11) is 0. The summed E-state index contributed by atoms with van der Waals surface area (Å²) in [6.07, 6.45) is 0.693. The molecule has 2 N–H and O–H groups in total. The maximum absolute atomic E-state index is 10.9. The van der Waals surface area contributed by atoms with Gasteiger partial charge in [0.15, 0.2) is 0 Å². The van der Waals surface area contributed by atoms with E-state index in [0.29, 0.717) is 29.4 Å². The van der Waals surface area contributed by atoms with Gasteiger partial charge in [0, 0.05) is 29.7 Å². The smallest absolute Gasteiger partial charge is 0.0920 e. The molecular weight excluding hydrogens is 345 g/mol. The van der Waals surface area contributed by atoms with Gasteiger partial charge in [-0.3, -0.25) is 0 Å². The second-order valence-electron chi connectivity index (χ2n) is 6.41. The number of hydrogen-bond acceptors (Lipinski definition) is 3. The van der Waals surface area contributed by atoms with Crippen molar-refractivity contribution in [3.8, 4) is 0 Å². The quantitative estimate of drug-likeness (QED) is 0.859. The van der Waals surface area contributed by atoms with Gasteiger partial charge in [-0.15, -0.1) is 0 Å². The van der Waals surface area contributed by atoms with Gasteiger partial charge in [-0.2, -0.15) is 0 Å². The summed E-state index contributed by atoms with van der Waals surface area (Å²) in [5.74, 6) is 0. The van der Waals surface area contributed by atoms with E-state index in [2.05, 4.69) is 4.90 Å². The Kier molecular flexibility index (Phi) is 5.48. The lowest BCUT2D eigenvalue weighted by molar-refractivity contribution is -0.0344. The van der Waals surface area contributed by atoms with Crippen LogP contribution in [0.3, 0.4) is 0 Å². The highest BCUT2D eigenvalue weighted by atomic mass is 35.5. The van der Waals surface area contributed by atoms with E-state index in [4.69, 9.17) is 23.2 Å². The zero-order valence-electron chi connectivity index (χ0n) is 13.3. The van der Waals surface area contributed by atoms with Crippen LogP contribution in [0.5, 0.6) is 0 Å². The summed E-state index contributed by atoms with van der Waals surface area (Å²) in [4.78, 5) is 2.18. The average Bonchev–Trinajstić information content (AvgIpc) is 2.57. The number of rotatable bonds is 4. The molecule has 0 aliphatic carbocycles. The van der Waals surface area contributed by atoms with Crippen LogP contribution in [-0.4, -0.2) is 34.7 Å². The maximum Gasteiger partial charge on any atom is 0.0920 e. The standard InChI is InChI=1S/C19H21Cl2NO2/c20-16-6-4-15(5-7-16)19(24)8-10-22(11-9-19)13-18(23)14-2-1-3-17(21)12-14/h1-7,12,18,23-24H,8-11,13H2/t18-/m0/s1. The van der Waals surface area contributed by atoms with Crippen molar-refractivity contribution in [3.05, 3.63) is 69.7 Å². The van der Waals surface area contributed by atoms with E-state index in [-0.39, 0.29) is 0 Å². The molecule has 0 unspecified atom stereocenters. The highest BCUT2D eigenvalue weighted by molar-refractivity contribution is 6.30. The molecule has 0 amide bonds. The Morgan fingerprint density at radius 1 is 1.00 bits per heavy atom. The minimum absolute atomic E-state index is 0.539. The molecule has 3 nitrogen and oxygen atoms in total. The van der Waals surface area contributed by atoms with Gasteiger partial charge in [-0.25, -0.2) is 0 Å². The summed E-state index contributed by atoms with van der Waals surface area (Å²) in [5, 5.41) is 22.6. The molecular formula is C19H21Cl2NO2. The Labute approximate surface area is 152 Å². The topological polar surface area (TPSA) is 43.7 Å². The number of likely N-dealkylation sites (tertiary alicyclic amines) is 1. The van der Waals surface area contributed by atoms with Crippen molar-refractivity contribution >= 4 is 23.2 Å². The highest BCUT2D eigenvalue weighted by Crippen LogP contribution is 2.34. The average molecular weight is 366 g/mol. The molecule has 2 aromatic carbocycles. The van der Waals surface area contributed by atoms with Gasteiger partial charge < -0.3 is 15.1 Å². The van der Waals surface area contributed by atoms with Crippen LogP contribution in [-0.2, 0) is 5.60 Å². The Balaban J connectivity index is 1.59. The second-order valence-corrected chi connectivity index (χ2v) is 7.28. The van der Waals surface area contributed by atoms with Gasteiger partial charge in [-0.05, 0) is 48.2 Å². The summed E-state index contributed by atoms with van der Waals surface area (Å²) in [6, 6.07) is 14.7. The van der Waals surface area contributed by atoms with E-state index < -0.39 is 11.7 Å². The van der Waals surface area contributed by atoms with Crippen LogP contribution in [0, 0.1) is 0 Å². The molecule has 24 heavy (non-hydrogen) atoms. The number of β-amino-alcohol motifs (C(OH)–C–C–N with tert-alkyl or cyclic N) is 1. The molecule has 0 spiro atoms. The van der Waals surface area contributed by atoms with Crippen molar-refractivity contribution in [3.63, 3.8) is 0 Å². The molecule has 5 heteroatoms. The van der Waals surface area contributed by atoms with Crippen molar-refractivity contribution < 1.29 is 10.2 Å². The van der Waals surface area contributed by atoms with Crippen LogP contribution in [0.25, 0.3) is 0 Å². The van der Waals surface area contributed by atoms with Crippen LogP contribution < -0.4 is 0 Å². The third-order valence-electron chi connectivity index (χ3n) is 4.73. The molecule has 3 rings (SSSR count). The van der Waals surface area contributed by atoms with Crippen molar-refractivity contribution in [2.24, 2.45) is 0 Å². The van der Waals surface area contributed by atoms with Gasteiger partial charge in [0.1, 0.15) is 0 Å². The van der Waals surface area contributed by atoms with E-state index in [1.54, 1.807) is 12.1 Å². The molecule has 1 heterocycles. The third kappa shape index (κ3) is 4.11. The Morgan fingerprint density at radius 3 is 2.29 bits per heavy atom. The van der Waals surface area contributed by atoms with E-state index >= 15 is 0 Å². The van der Waals surface area contributed by atoms with E-state index in [1.165, 1.54) is 0 Å². The minimum atomic E-state index is -0.817. The van der Waals surface area contributed by atoms with Crippen molar-refractivity contribution in [2.45, 2.75) is 24.5 Å². The molecule has 2 aromatic rings. The molecule has 1 aliphatic heterocycles. The second kappa shape index (κ2) is 7.42. The number of aliphatic hydroxyl groups is 2. The normalized spacial score (nSPS) is 19.2. The monoisotopic (exact) mass is 365 g/mol. The number of benzene rings is 2. The minimum Gasteiger partial charge on any atom is -0.387 e. The van der Waals surface area contributed by atoms with Crippen LogP contribution in [0.2, 0.25) is 10.0 Å². The van der Waals surface area contributed by atoms with Crippen molar-refractivity contribution in [1.29, 1.82) is 0 Å². The fourth-order valence-electron chi connectivity index (χ4n) is 3.22. The van der Waals surface area contributed by atoms with Crippen molar-refractivity contribution in [1.82, 2.24) is 4.90 Å². The van der Waals surface area contributed by atoms with Crippen molar-refractivity contribution in [2.75, 3.05) is 19.6 Å². The number of hydrogen-bond donors (Lipinski definition) is 2. The van der Waals surface area contributed by atoms with E-state index in [9.17, 15) is 10.2 Å². The molecule has 0 radical (unpaired) electrons. The molecule has 0 aromatic heterocycles. The lowest BCUT2D eigenvalue weighted by Crippen LogP contribution is -2.43.